The van der Waals surface area contributed by atoms with Crippen LogP contribution in [0.2, 0.25) is 0 Å². The van der Waals surface area contributed by atoms with Gasteiger partial charge in [0.2, 0.25) is 0 Å². The van der Waals surface area contributed by atoms with Crippen LogP contribution in [-0.4, -0.2) is 68.7 Å². The Morgan fingerprint density at radius 2 is 2.04 bits per heavy atom. The van der Waals surface area contributed by atoms with Gasteiger partial charge in [0.25, 0.3) is 5.91 Å². The molecule has 1 saturated heterocycles. The molecule has 1 amide bonds. The zero-order valence-corrected chi connectivity index (χ0v) is 15.4. The van der Waals surface area contributed by atoms with E-state index in [0.717, 1.165) is 19.6 Å². The van der Waals surface area contributed by atoms with Crippen LogP contribution in [0, 0.1) is 0 Å². The molecule has 1 unspecified atom stereocenters. The average molecular weight is 364 g/mol. The summed E-state index contributed by atoms with van der Waals surface area (Å²) >= 11 is 0. The first kappa shape index (κ1) is 22.1. The van der Waals surface area contributed by atoms with Crippen molar-refractivity contribution < 1.29 is 9.53 Å². The van der Waals surface area contributed by atoms with Crippen LogP contribution in [-0.2, 0) is 16.1 Å². The third-order valence-corrected chi connectivity index (χ3v) is 3.75. The molecule has 1 heterocycles. The summed E-state index contributed by atoms with van der Waals surface area (Å²) in [6.07, 6.45) is -0.343. The molecule has 0 aliphatic carbocycles. The van der Waals surface area contributed by atoms with Crippen LogP contribution in [0.1, 0.15) is 5.56 Å². The number of nitrogens with one attached hydrogen (secondary N) is 1. The van der Waals surface area contributed by atoms with Crippen molar-refractivity contribution in [1.82, 2.24) is 15.1 Å². The van der Waals surface area contributed by atoms with Gasteiger partial charge in [-0.2, -0.15) is 0 Å². The first-order valence-electron chi connectivity index (χ1n) is 7.48. The second-order valence-corrected chi connectivity index (χ2v) is 5.44. The lowest BCUT2D eigenvalue weighted by molar-refractivity contribution is -0.148. The largest absolute Gasteiger partial charge is 0.366 e. The highest BCUT2D eigenvalue weighted by atomic mass is 35.5. The second-order valence-electron chi connectivity index (χ2n) is 5.44. The van der Waals surface area contributed by atoms with Gasteiger partial charge in [-0.3, -0.25) is 9.69 Å². The minimum Gasteiger partial charge on any atom is -0.366 e. The van der Waals surface area contributed by atoms with Crippen LogP contribution < -0.4 is 5.32 Å². The van der Waals surface area contributed by atoms with E-state index >= 15 is 0 Å². The van der Waals surface area contributed by atoms with Crippen LogP contribution in [0.3, 0.4) is 0 Å². The minimum absolute atomic E-state index is 0. The molecule has 23 heavy (non-hydrogen) atoms. The molecule has 2 rings (SSSR count). The first-order chi connectivity index (χ1) is 10.2. The van der Waals surface area contributed by atoms with Crippen LogP contribution in [0.25, 0.3) is 0 Å². The molecular formula is C16H27Cl2N3O2. The fraction of sp³-hybridized carbons (Fsp3) is 0.562. The Labute approximate surface area is 151 Å². The van der Waals surface area contributed by atoms with Crippen LogP contribution in [0.4, 0.5) is 0 Å². The molecule has 5 nitrogen and oxygen atoms in total. The number of rotatable bonds is 6. The number of likely N-dealkylation sites (N-methyl/N-ethyl adjacent to an activating group) is 2. The van der Waals surface area contributed by atoms with Crippen molar-refractivity contribution in [3.8, 4) is 0 Å². The molecule has 1 atom stereocenters. The predicted molar refractivity (Wildman–Crippen MR) is 97.5 cm³/mol. The predicted octanol–water partition coefficient (Wildman–Crippen LogP) is 1.41. The van der Waals surface area contributed by atoms with Gasteiger partial charge < -0.3 is 15.0 Å². The summed E-state index contributed by atoms with van der Waals surface area (Å²) in [6, 6.07) is 10.3. The molecule has 7 heteroatoms. The highest BCUT2D eigenvalue weighted by molar-refractivity contribution is 5.85. The molecular weight excluding hydrogens is 337 g/mol. The zero-order valence-electron chi connectivity index (χ0n) is 13.7. The minimum atomic E-state index is -0.343. The van der Waals surface area contributed by atoms with E-state index in [1.807, 2.05) is 32.3 Å². The highest BCUT2D eigenvalue weighted by Crippen LogP contribution is 2.12. The van der Waals surface area contributed by atoms with Crippen molar-refractivity contribution in [2.75, 3.05) is 46.9 Å². The third kappa shape index (κ3) is 7.06. The lowest BCUT2D eigenvalue weighted by Crippen LogP contribution is -2.50. The first-order valence-corrected chi connectivity index (χ1v) is 7.48. The van der Waals surface area contributed by atoms with Gasteiger partial charge >= 0.3 is 0 Å². The number of hydrogen-bond donors (Lipinski definition) is 1. The van der Waals surface area contributed by atoms with Crippen molar-refractivity contribution in [3.05, 3.63) is 35.9 Å². The molecule has 1 aliphatic rings. The van der Waals surface area contributed by atoms with Gasteiger partial charge in [0, 0.05) is 39.8 Å². The number of carbonyl (C=O) groups excluding carboxylic acids is 1. The number of morpholine rings is 1. The van der Waals surface area contributed by atoms with Crippen molar-refractivity contribution in [2.45, 2.75) is 12.6 Å². The number of benzene rings is 1. The van der Waals surface area contributed by atoms with E-state index in [-0.39, 0.29) is 36.8 Å². The lowest BCUT2D eigenvalue weighted by atomic mass is 10.2. The smallest absolute Gasteiger partial charge is 0.252 e. The van der Waals surface area contributed by atoms with Crippen LogP contribution in [0.5, 0.6) is 0 Å². The van der Waals surface area contributed by atoms with Crippen molar-refractivity contribution >= 4 is 30.7 Å². The van der Waals surface area contributed by atoms with E-state index in [1.165, 1.54) is 5.56 Å². The number of amides is 1. The average Bonchev–Trinajstić information content (AvgIpc) is 2.53. The Hall–Kier alpha value is -0.850. The Morgan fingerprint density at radius 1 is 1.35 bits per heavy atom. The molecule has 0 aromatic heterocycles. The molecule has 1 fully saturated rings. The van der Waals surface area contributed by atoms with E-state index < -0.39 is 0 Å². The van der Waals surface area contributed by atoms with Crippen molar-refractivity contribution in [3.63, 3.8) is 0 Å². The van der Waals surface area contributed by atoms with Gasteiger partial charge in [0.15, 0.2) is 0 Å². The van der Waals surface area contributed by atoms with Crippen molar-refractivity contribution in [2.24, 2.45) is 0 Å². The van der Waals surface area contributed by atoms with E-state index in [4.69, 9.17) is 4.74 Å². The fourth-order valence-corrected chi connectivity index (χ4v) is 2.47. The van der Waals surface area contributed by atoms with Gasteiger partial charge in [-0.1, -0.05) is 30.3 Å². The highest BCUT2D eigenvalue weighted by Gasteiger charge is 2.28. The number of ether oxygens (including phenoxy) is 1. The summed E-state index contributed by atoms with van der Waals surface area (Å²) in [6.45, 7) is 4.52. The van der Waals surface area contributed by atoms with E-state index in [2.05, 4.69) is 22.3 Å². The molecule has 0 saturated carbocycles. The SMILES string of the molecule is CNCCN(C)C(=O)C1CN(Cc2ccccc2)CCO1.Cl.Cl. The topological polar surface area (TPSA) is 44.8 Å². The number of carbonyl (C=O) groups is 1. The van der Waals surface area contributed by atoms with E-state index in [1.54, 1.807) is 4.90 Å². The molecule has 132 valence electrons. The molecule has 1 N–H and O–H groups in total. The number of hydrogen-bond acceptors (Lipinski definition) is 4. The van der Waals surface area contributed by atoms with Gasteiger partial charge in [-0.15, -0.1) is 24.8 Å². The normalized spacial score (nSPS) is 17.7. The summed E-state index contributed by atoms with van der Waals surface area (Å²) in [4.78, 5) is 16.4. The Kier molecular flexibility index (Phi) is 11.2. The monoisotopic (exact) mass is 363 g/mol. The maximum Gasteiger partial charge on any atom is 0.252 e. The van der Waals surface area contributed by atoms with Gasteiger partial charge in [-0.05, 0) is 12.6 Å². The second kappa shape index (κ2) is 11.6. The van der Waals surface area contributed by atoms with Crippen LogP contribution >= 0.6 is 24.8 Å². The van der Waals surface area contributed by atoms with Crippen molar-refractivity contribution in [1.29, 1.82) is 0 Å². The molecule has 0 radical (unpaired) electrons. The summed E-state index contributed by atoms with van der Waals surface area (Å²) in [5.74, 6) is 0.0722. The summed E-state index contributed by atoms with van der Waals surface area (Å²) in [5.41, 5.74) is 1.27. The Morgan fingerprint density at radius 3 is 2.70 bits per heavy atom. The number of halogens is 2. The van der Waals surface area contributed by atoms with Gasteiger partial charge in [-0.25, -0.2) is 0 Å². The molecule has 0 spiro atoms. The zero-order chi connectivity index (χ0) is 15.1. The quantitative estimate of drug-likeness (QED) is 0.829. The van der Waals surface area contributed by atoms with Gasteiger partial charge in [0.05, 0.1) is 6.61 Å². The summed E-state index contributed by atoms with van der Waals surface area (Å²) in [5, 5.41) is 3.05. The fourth-order valence-electron chi connectivity index (χ4n) is 2.47. The maximum absolute atomic E-state index is 12.3. The summed E-state index contributed by atoms with van der Waals surface area (Å²) < 4.78 is 5.66. The van der Waals surface area contributed by atoms with Gasteiger partial charge in [0.1, 0.15) is 6.10 Å². The Bertz CT molecular complexity index is 448. The van der Waals surface area contributed by atoms with E-state index in [0.29, 0.717) is 19.7 Å². The van der Waals surface area contributed by atoms with Crippen LogP contribution in [0.15, 0.2) is 30.3 Å². The molecule has 1 aromatic carbocycles. The maximum atomic E-state index is 12.3. The van der Waals surface area contributed by atoms with E-state index in [9.17, 15) is 4.79 Å². The standard InChI is InChI=1S/C16H25N3O2.2ClH/c1-17-8-9-18(2)16(20)15-13-19(10-11-21-15)12-14-6-4-3-5-7-14;;/h3-7,15,17H,8-13H2,1-2H3;2*1H. The molecule has 1 aliphatic heterocycles. The Balaban J connectivity index is 0.00000242. The molecule has 0 bridgehead atoms. The molecule has 1 aromatic rings. The number of nitrogens with zero attached hydrogens (tertiary/aromatic N) is 2. The third-order valence-electron chi connectivity index (χ3n) is 3.75. The summed E-state index contributed by atoms with van der Waals surface area (Å²) in [7, 11) is 3.72. The lowest BCUT2D eigenvalue weighted by Gasteiger charge is -2.34.